The van der Waals surface area contributed by atoms with Crippen molar-refractivity contribution in [3.8, 4) is 0 Å². The third-order valence-corrected chi connectivity index (χ3v) is 6.97. The van der Waals surface area contributed by atoms with Crippen LogP contribution in [0, 0.1) is 5.92 Å². The molecule has 3 N–H and O–H groups in total. The fourth-order valence-corrected chi connectivity index (χ4v) is 5.42. The molecular formula is C29H28N2O3. The Morgan fingerprint density at radius 1 is 0.971 bits per heavy atom. The number of nitrogens with one attached hydrogen (secondary N) is 2. The molecule has 0 fully saturated rings. The molecule has 1 aliphatic heterocycles. The average Bonchev–Trinajstić information content (AvgIpc) is 3.36. The fraction of sp³-hybridized carbons (Fsp3) is 0.241. The van der Waals surface area contributed by atoms with Crippen LogP contribution in [0.3, 0.4) is 0 Å². The van der Waals surface area contributed by atoms with E-state index in [4.69, 9.17) is 5.11 Å². The van der Waals surface area contributed by atoms with Gasteiger partial charge >= 0.3 is 5.97 Å². The number of rotatable bonds is 7. The van der Waals surface area contributed by atoms with Gasteiger partial charge in [0.2, 0.25) is 0 Å². The normalized spacial score (nSPS) is 20.3. The molecule has 3 aromatic rings. The Hall–Kier alpha value is -3.86. The Kier molecular flexibility index (Phi) is 6.17. The summed E-state index contributed by atoms with van der Waals surface area (Å²) in [6.07, 6.45) is 5.42. The number of fused-ring (bicyclic) bond motifs is 3. The standard InChI is InChI=1S/C29H28N2O3/c32-26(33)16-17-30-29(34)21-14-15-25-24(18-21)22-12-7-13-23(22)28(31-25)27(19-8-3-1-4-9-19)20-10-5-2-6-11-20/h1-12,14-15,18,22-23,27-28,31H,13,16-17H2,(H,30,34)(H,32,33)/t22-,23-,28+/m1/s1. The summed E-state index contributed by atoms with van der Waals surface area (Å²) in [6.45, 7) is 0.118. The molecule has 1 aliphatic carbocycles. The number of aliphatic carboxylic acids is 1. The monoisotopic (exact) mass is 452 g/mol. The van der Waals surface area contributed by atoms with E-state index in [2.05, 4.69) is 83.4 Å². The van der Waals surface area contributed by atoms with Gasteiger partial charge in [-0.05, 0) is 47.2 Å². The quantitative estimate of drug-likeness (QED) is 0.432. The van der Waals surface area contributed by atoms with Crippen LogP contribution in [-0.2, 0) is 4.79 Å². The summed E-state index contributed by atoms with van der Waals surface area (Å²) < 4.78 is 0. The lowest BCUT2D eigenvalue weighted by Gasteiger charge is -2.42. The van der Waals surface area contributed by atoms with E-state index in [9.17, 15) is 9.59 Å². The molecule has 2 aliphatic rings. The van der Waals surface area contributed by atoms with Crippen LogP contribution in [-0.4, -0.2) is 29.6 Å². The molecule has 3 aromatic carbocycles. The van der Waals surface area contributed by atoms with Gasteiger partial charge < -0.3 is 15.7 Å². The SMILES string of the molecule is O=C(O)CCNC(=O)c1ccc2c(c1)[C@@H]1C=CC[C@H]1[C@@H](C(c1ccccc1)c1ccccc1)N2. The van der Waals surface area contributed by atoms with Crippen molar-refractivity contribution < 1.29 is 14.7 Å². The fourth-order valence-electron chi connectivity index (χ4n) is 5.42. The molecule has 34 heavy (non-hydrogen) atoms. The molecule has 0 unspecified atom stereocenters. The largest absolute Gasteiger partial charge is 0.481 e. The first kappa shape index (κ1) is 22.0. The van der Waals surface area contributed by atoms with Gasteiger partial charge in [0, 0.05) is 35.7 Å². The van der Waals surface area contributed by atoms with Crippen LogP contribution in [0.4, 0.5) is 5.69 Å². The number of amides is 1. The molecule has 0 aromatic heterocycles. The highest BCUT2D eigenvalue weighted by Gasteiger charge is 2.41. The van der Waals surface area contributed by atoms with E-state index in [1.54, 1.807) is 0 Å². The van der Waals surface area contributed by atoms with Crippen molar-refractivity contribution in [3.05, 3.63) is 113 Å². The molecule has 172 valence electrons. The summed E-state index contributed by atoms with van der Waals surface area (Å²) in [5.41, 5.74) is 5.31. The maximum atomic E-state index is 12.6. The Balaban J connectivity index is 1.48. The molecule has 5 heteroatoms. The zero-order chi connectivity index (χ0) is 23.5. The second-order valence-electron chi connectivity index (χ2n) is 9.02. The summed E-state index contributed by atoms with van der Waals surface area (Å²) in [6, 6.07) is 27.3. The molecule has 5 rings (SSSR count). The summed E-state index contributed by atoms with van der Waals surface area (Å²) in [5, 5.41) is 15.4. The van der Waals surface area contributed by atoms with Crippen molar-refractivity contribution in [2.24, 2.45) is 5.92 Å². The lowest BCUT2D eigenvalue weighted by molar-refractivity contribution is -0.136. The average molecular weight is 453 g/mol. The van der Waals surface area contributed by atoms with Crippen molar-refractivity contribution in [2.45, 2.75) is 30.7 Å². The first-order valence-electron chi connectivity index (χ1n) is 11.8. The Labute approximate surface area is 199 Å². The number of carboxylic acids is 1. The van der Waals surface area contributed by atoms with Crippen LogP contribution in [0.2, 0.25) is 0 Å². The third kappa shape index (κ3) is 4.34. The van der Waals surface area contributed by atoms with E-state index >= 15 is 0 Å². The van der Waals surface area contributed by atoms with Crippen molar-refractivity contribution in [1.29, 1.82) is 0 Å². The van der Waals surface area contributed by atoms with E-state index in [-0.39, 0.29) is 36.8 Å². The minimum atomic E-state index is -0.925. The van der Waals surface area contributed by atoms with E-state index in [1.165, 1.54) is 11.1 Å². The van der Waals surface area contributed by atoms with Gasteiger partial charge in [-0.2, -0.15) is 0 Å². The molecule has 0 bridgehead atoms. The smallest absolute Gasteiger partial charge is 0.305 e. The second-order valence-corrected chi connectivity index (χ2v) is 9.02. The Morgan fingerprint density at radius 2 is 1.65 bits per heavy atom. The predicted molar refractivity (Wildman–Crippen MR) is 133 cm³/mol. The van der Waals surface area contributed by atoms with E-state index in [0.717, 1.165) is 17.7 Å². The van der Waals surface area contributed by atoms with Gasteiger partial charge in [0.05, 0.1) is 6.42 Å². The van der Waals surface area contributed by atoms with Crippen molar-refractivity contribution in [3.63, 3.8) is 0 Å². The van der Waals surface area contributed by atoms with Gasteiger partial charge in [0.25, 0.3) is 5.91 Å². The number of hydrogen-bond donors (Lipinski definition) is 3. The topological polar surface area (TPSA) is 78.4 Å². The number of carboxylic acid groups (broad SMARTS) is 1. The van der Waals surface area contributed by atoms with Crippen LogP contribution >= 0.6 is 0 Å². The number of allylic oxidation sites excluding steroid dienone is 2. The zero-order valence-corrected chi connectivity index (χ0v) is 18.9. The van der Waals surface area contributed by atoms with E-state index in [1.807, 2.05) is 18.2 Å². The molecule has 0 saturated heterocycles. The van der Waals surface area contributed by atoms with Crippen LogP contribution in [0.15, 0.2) is 91.0 Å². The molecule has 1 amide bonds. The number of anilines is 1. The van der Waals surface area contributed by atoms with E-state index in [0.29, 0.717) is 11.5 Å². The predicted octanol–water partition coefficient (Wildman–Crippen LogP) is 5.18. The molecule has 0 saturated carbocycles. The summed E-state index contributed by atoms with van der Waals surface area (Å²) >= 11 is 0. The van der Waals surface area contributed by atoms with Gasteiger partial charge in [-0.3, -0.25) is 9.59 Å². The first-order valence-corrected chi connectivity index (χ1v) is 11.8. The molecule has 0 spiro atoms. The third-order valence-electron chi connectivity index (χ3n) is 6.97. The van der Waals surface area contributed by atoms with E-state index < -0.39 is 5.97 Å². The van der Waals surface area contributed by atoms with Crippen LogP contribution in [0.1, 0.15) is 51.7 Å². The van der Waals surface area contributed by atoms with Crippen LogP contribution < -0.4 is 10.6 Å². The highest BCUT2D eigenvalue weighted by molar-refractivity contribution is 5.95. The van der Waals surface area contributed by atoms with Crippen LogP contribution in [0.5, 0.6) is 0 Å². The zero-order valence-electron chi connectivity index (χ0n) is 18.9. The number of benzene rings is 3. The van der Waals surface area contributed by atoms with Crippen LogP contribution in [0.25, 0.3) is 0 Å². The van der Waals surface area contributed by atoms with Crippen molar-refractivity contribution in [1.82, 2.24) is 5.32 Å². The van der Waals surface area contributed by atoms with Gasteiger partial charge in [0.1, 0.15) is 0 Å². The van der Waals surface area contributed by atoms with Crippen molar-refractivity contribution in [2.75, 3.05) is 11.9 Å². The molecular weight excluding hydrogens is 424 g/mol. The maximum absolute atomic E-state index is 12.6. The lowest BCUT2D eigenvalue weighted by atomic mass is 9.71. The van der Waals surface area contributed by atoms with Gasteiger partial charge in [-0.15, -0.1) is 0 Å². The Morgan fingerprint density at radius 3 is 2.29 bits per heavy atom. The Bertz CT molecular complexity index is 1170. The first-order chi connectivity index (χ1) is 16.6. The van der Waals surface area contributed by atoms with Gasteiger partial charge in [0.15, 0.2) is 0 Å². The second kappa shape index (κ2) is 9.56. The van der Waals surface area contributed by atoms with Gasteiger partial charge in [-0.1, -0.05) is 72.8 Å². The summed E-state index contributed by atoms with van der Waals surface area (Å²) in [7, 11) is 0. The molecule has 5 nitrogen and oxygen atoms in total. The molecule has 3 atom stereocenters. The maximum Gasteiger partial charge on any atom is 0.305 e. The molecule has 0 radical (unpaired) electrons. The highest BCUT2D eigenvalue weighted by Crippen LogP contribution is 2.49. The van der Waals surface area contributed by atoms with Crippen molar-refractivity contribution >= 4 is 17.6 Å². The highest BCUT2D eigenvalue weighted by atomic mass is 16.4. The number of carbonyl (C=O) groups is 2. The van der Waals surface area contributed by atoms with Gasteiger partial charge in [-0.25, -0.2) is 0 Å². The minimum absolute atomic E-state index is 0.0896. The summed E-state index contributed by atoms with van der Waals surface area (Å²) in [4.78, 5) is 23.4. The lowest BCUT2D eigenvalue weighted by Crippen LogP contribution is -2.41. The molecule has 1 heterocycles. The number of carbonyl (C=O) groups excluding carboxylic acids is 1. The minimum Gasteiger partial charge on any atom is -0.481 e. The summed E-state index contributed by atoms with van der Waals surface area (Å²) in [5.74, 6) is -0.379. The number of hydrogen-bond acceptors (Lipinski definition) is 3.